The number of nitrogens with two attached hydrogens (primary N) is 1. The molecule has 0 heterocycles. The van der Waals surface area contributed by atoms with Crippen LogP contribution in [0, 0.1) is 13.8 Å². The van der Waals surface area contributed by atoms with Gasteiger partial charge in [-0.15, -0.1) is 0 Å². The number of nitrogens with one attached hydrogen (secondary N) is 1. The van der Waals surface area contributed by atoms with Crippen LogP contribution in [0.15, 0.2) is 46.9 Å². The molecule has 0 aromatic heterocycles. The van der Waals surface area contributed by atoms with E-state index in [0.717, 1.165) is 26.9 Å². The minimum Gasteiger partial charge on any atom is -0.324 e. The van der Waals surface area contributed by atoms with Crippen LogP contribution in [0.2, 0.25) is 0 Å². The van der Waals surface area contributed by atoms with E-state index in [-0.39, 0.29) is 5.91 Å². The first-order valence-electron chi connectivity index (χ1n) is 6.37. The number of hydrogen-bond acceptors (Lipinski definition) is 2. The monoisotopic (exact) mass is 332 g/mol. The van der Waals surface area contributed by atoms with Gasteiger partial charge in [0.15, 0.2) is 0 Å². The molecule has 0 fully saturated rings. The highest BCUT2D eigenvalue weighted by atomic mass is 79.9. The molecule has 0 saturated carbocycles. The van der Waals surface area contributed by atoms with Crippen molar-refractivity contribution >= 4 is 27.5 Å². The molecule has 0 aliphatic rings. The lowest BCUT2D eigenvalue weighted by atomic mass is 10.1. The van der Waals surface area contributed by atoms with E-state index in [1.165, 1.54) is 0 Å². The molecule has 0 aliphatic carbocycles. The summed E-state index contributed by atoms with van der Waals surface area (Å²) in [6.45, 7) is 3.98. The fourth-order valence-electron chi connectivity index (χ4n) is 2.05. The topological polar surface area (TPSA) is 55.1 Å². The number of halogens is 1. The number of amides is 1. The predicted molar refractivity (Wildman–Crippen MR) is 85.6 cm³/mol. The van der Waals surface area contributed by atoms with Gasteiger partial charge in [-0.25, -0.2) is 0 Å². The van der Waals surface area contributed by atoms with Crippen LogP contribution in [0.4, 0.5) is 5.69 Å². The fourth-order valence-corrected chi connectivity index (χ4v) is 2.28. The second-order valence-corrected chi connectivity index (χ2v) is 5.59. The highest BCUT2D eigenvalue weighted by Crippen LogP contribution is 2.25. The Morgan fingerprint density at radius 2 is 1.70 bits per heavy atom. The van der Waals surface area contributed by atoms with E-state index in [1.54, 1.807) is 0 Å². The molecule has 1 amide bonds. The number of rotatable bonds is 3. The van der Waals surface area contributed by atoms with Gasteiger partial charge in [-0.05, 0) is 42.7 Å². The minimum absolute atomic E-state index is 0.211. The number of carbonyl (C=O) groups excluding carboxylic acids is 1. The van der Waals surface area contributed by atoms with Gasteiger partial charge in [-0.2, -0.15) is 0 Å². The van der Waals surface area contributed by atoms with E-state index in [4.69, 9.17) is 5.73 Å². The lowest BCUT2D eigenvalue weighted by Crippen LogP contribution is -2.27. The van der Waals surface area contributed by atoms with Crippen LogP contribution < -0.4 is 11.1 Å². The second kappa shape index (κ2) is 6.20. The molecular formula is C16H17BrN2O. The zero-order chi connectivity index (χ0) is 14.7. The highest BCUT2D eigenvalue weighted by Gasteiger charge is 2.16. The lowest BCUT2D eigenvalue weighted by molar-refractivity contribution is -0.117. The quantitative estimate of drug-likeness (QED) is 0.900. The molecule has 104 valence electrons. The van der Waals surface area contributed by atoms with Crippen molar-refractivity contribution in [3.8, 4) is 0 Å². The molecule has 2 rings (SSSR count). The van der Waals surface area contributed by atoms with Gasteiger partial charge in [0.2, 0.25) is 5.91 Å². The molecule has 2 aromatic carbocycles. The first-order chi connectivity index (χ1) is 9.49. The van der Waals surface area contributed by atoms with Gasteiger partial charge in [-0.3, -0.25) is 4.79 Å². The Labute approximate surface area is 127 Å². The van der Waals surface area contributed by atoms with Crippen molar-refractivity contribution in [1.29, 1.82) is 0 Å². The maximum atomic E-state index is 12.2. The van der Waals surface area contributed by atoms with Crippen LogP contribution in [0.5, 0.6) is 0 Å². The van der Waals surface area contributed by atoms with Crippen molar-refractivity contribution in [2.45, 2.75) is 19.9 Å². The number of aryl methyl sites for hydroxylation is 2. The Kier molecular flexibility index (Phi) is 4.57. The number of benzene rings is 2. The summed E-state index contributed by atoms with van der Waals surface area (Å²) in [4.78, 5) is 12.2. The minimum atomic E-state index is -0.666. The summed E-state index contributed by atoms with van der Waals surface area (Å²) in [5.41, 5.74) is 9.69. The molecule has 0 radical (unpaired) electrons. The largest absolute Gasteiger partial charge is 0.324 e. The molecule has 0 aliphatic heterocycles. The SMILES string of the molecule is Cc1cc(NC(=O)[C@H](N)c2ccccc2)cc(C)c1Br. The Morgan fingerprint density at radius 1 is 1.15 bits per heavy atom. The number of anilines is 1. The van der Waals surface area contributed by atoms with E-state index < -0.39 is 6.04 Å². The third-order valence-corrected chi connectivity index (χ3v) is 4.40. The molecular weight excluding hydrogens is 316 g/mol. The van der Waals surface area contributed by atoms with Gasteiger partial charge >= 0.3 is 0 Å². The van der Waals surface area contributed by atoms with Crippen molar-refractivity contribution in [3.05, 3.63) is 63.6 Å². The number of hydrogen-bond donors (Lipinski definition) is 2. The van der Waals surface area contributed by atoms with Crippen molar-refractivity contribution in [3.63, 3.8) is 0 Å². The first kappa shape index (κ1) is 14.8. The standard InChI is InChI=1S/C16H17BrN2O/c1-10-8-13(9-11(2)14(10)17)19-16(20)15(18)12-6-4-3-5-7-12/h3-9,15H,18H2,1-2H3,(H,19,20)/t15-/m1/s1. The Hall–Kier alpha value is -1.65. The maximum absolute atomic E-state index is 12.2. The zero-order valence-electron chi connectivity index (χ0n) is 11.5. The second-order valence-electron chi connectivity index (χ2n) is 4.80. The number of carbonyl (C=O) groups is 1. The van der Waals surface area contributed by atoms with E-state index in [2.05, 4.69) is 21.2 Å². The Bertz CT molecular complexity index is 603. The summed E-state index contributed by atoms with van der Waals surface area (Å²) < 4.78 is 1.06. The van der Waals surface area contributed by atoms with Gasteiger partial charge in [-0.1, -0.05) is 46.3 Å². The molecule has 0 spiro atoms. The van der Waals surface area contributed by atoms with E-state index in [0.29, 0.717) is 0 Å². The summed E-state index contributed by atoms with van der Waals surface area (Å²) in [6.07, 6.45) is 0. The van der Waals surface area contributed by atoms with Crippen LogP contribution in [0.3, 0.4) is 0 Å². The molecule has 3 nitrogen and oxygen atoms in total. The predicted octanol–water partition coefficient (Wildman–Crippen LogP) is 3.70. The van der Waals surface area contributed by atoms with Crippen LogP contribution in [-0.2, 0) is 4.79 Å². The molecule has 20 heavy (non-hydrogen) atoms. The fraction of sp³-hybridized carbons (Fsp3) is 0.188. The van der Waals surface area contributed by atoms with Gasteiger partial charge in [0, 0.05) is 10.2 Å². The normalized spacial score (nSPS) is 12.0. The summed E-state index contributed by atoms with van der Waals surface area (Å²) in [6, 6.07) is 12.5. The van der Waals surface area contributed by atoms with Gasteiger partial charge < -0.3 is 11.1 Å². The van der Waals surface area contributed by atoms with E-state index in [1.807, 2.05) is 56.3 Å². The van der Waals surface area contributed by atoms with Crippen molar-refractivity contribution in [1.82, 2.24) is 0 Å². The third kappa shape index (κ3) is 3.26. The lowest BCUT2D eigenvalue weighted by Gasteiger charge is -2.14. The summed E-state index contributed by atoms with van der Waals surface area (Å²) in [5.74, 6) is -0.211. The average Bonchev–Trinajstić information content (AvgIpc) is 2.44. The molecule has 0 saturated heterocycles. The van der Waals surface area contributed by atoms with E-state index >= 15 is 0 Å². The van der Waals surface area contributed by atoms with Gasteiger partial charge in [0.05, 0.1) is 0 Å². The zero-order valence-corrected chi connectivity index (χ0v) is 13.1. The van der Waals surface area contributed by atoms with Crippen LogP contribution >= 0.6 is 15.9 Å². The molecule has 1 atom stereocenters. The maximum Gasteiger partial charge on any atom is 0.245 e. The smallest absolute Gasteiger partial charge is 0.245 e. The van der Waals surface area contributed by atoms with Crippen LogP contribution in [0.1, 0.15) is 22.7 Å². The third-order valence-electron chi connectivity index (χ3n) is 3.15. The van der Waals surface area contributed by atoms with Crippen LogP contribution in [-0.4, -0.2) is 5.91 Å². The Balaban J connectivity index is 2.16. The molecule has 0 bridgehead atoms. The molecule has 3 N–H and O–H groups in total. The molecule has 4 heteroatoms. The highest BCUT2D eigenvalue weighted by molar-refractivity contribution is 9.10. The summed E-state index contributed by atoms with van der Waals surface area (Å²) in [7, 11) is 0. The van der Waals surface area contributed by atoms with Crippen molar-refractivity contribution in [2.24, 2.45) is 5.73 Å². The van der Waals surface area contributed by atoms with E-state index in [9.17, 15) is 4.79 Å². The Morgan fingerprint density at radius 3 is 2.25 bits per heavy atom. The summed E-state index contributed by atoms with van der Waals surface area (Å²) in [5, 5.41) is 2.86. The molecule has 2 aromatic rings. The average molecular weight is 333 g/mol. The van der Waals surface area contributed by atoms with Crippen molar-refractivity contribution in [2.75, 3.05) is 5.32 Å². The molecule has 0 unspecified atom stereocenters. The van der Waals surface area contributed by atoms with Gasteiger partial charge in [0.25, 0.3) is 0 Å². The van der Waals surface area contributed by atoms with Gasteiger partial charge in [0.1, 0.15) is 6.04 Å². The summed E-state index contributed by atoms with van der Waals surface area (Å²) >= 11 is 3.51. The van der Waals surface area contributed by atoms with Crippen molar-refractivity contribution < 1.29 is 4.79 Å². The van der Waals surface area contributed by atoms with Crippen LogP contribution in [0.25, 0.3) is 0 Å². The first-order valence-corrected chi connectivity index (χ1v) is 7.16.